The highest BCUT2D eigenvalue weighted by Crippen LogP contribution is 2.25. The number of esters is 1. The van der Waals surface area contributed by atoms with Gasteiger partial charge in [-0.05, 0) is 45.1 Å². The molecule has 1 saturated heterocycles. The molecule has 1 fully saturated rings. The highest BCUT2D eigenvalue weighted by Gasteiger charge is 2.26. The summed E-state index contributed by atoms with van der Waals surface area (Å²) < 4.78 is 4.87. The molecule has 0 radical (unpaired) electrons. The van der Waals surface area contributed by atoms with Gasteiger partial charge in [-0.3, -0.25) is 4.79 Å². The number of hydrogen-bond acceptors (Lipinski definition) is 6. The Morgan fingerprint density at radius 1 is 1.42 bits per heavy atom. The van der Waals surface area contributed by atoms with Crippen molar-refractivity contribution < 1.29 is 9.53 Å². The van der Waals surface area contributed by atoms with Gasteiger partial charge in [0.15, 0.2) is 0 Å². The predicted molar refractivity (Wildman–Crippen MR) is 94.4 cm³/mol. The van der Waals surface area contributed by atoms with E-state index in [4.69, 9.17) is 21.3 Å². The molecule has 0 aliphatic carbocycles. The zero-order valence-electron chi connectivity index (χ0n) is 13.9. The minimum Gasteiger partial charge on any atom is -0.468 e. The van der Waals surface area contributed by atoms with Gasteiger partial charge in [0.05, 0.1) is 12.6 Å². The lowest BCUT2D eigenvalue weighted by Crippen LogP contribution is -2.46. The van der Waals surface area contributed by atoms with Crippen LogP contribution in [0, 0.1) is 0 Å². The molecule has 6 nitrogen and oxygen atoms in total. The predicted octanol–water partition coefficient (Wildman–Crippen LogP) is 2.36. The van der Waals surface area contributed by atoms with E-state index in [9.17, 15) is 4.79 Å². The van der Waals surface area contributed by atoms with Crippen LogP contribution in [0.5, 0.6) is 0 Å². The number of hydrogen-bond donors (Lipinski definition) is 0. The molecule has 0 N–H and O–H groups in total. The van der Waals surface area contributed by atoms with Gasteiger partial charge < -0.3 is 14.5 Å². The van der Waals surface area contributed by atoms with E-state index in [2.05, 4.69) is 16.9 Å². The summed E-state index contributed by atoms with van der Waals surface area (Å²) in [5, 5.41) is 1.33. The molecule has 7 heteroatoms. The molecule has 1 aliphatic heterocycles. The summed E-state index contributed by atoms with van der Waals surface area (Å²) in [5.74, 6) is 0.508. The normalized spacial score (nSPS) is 16.3. The van der Waals surface area contributed by atoms with Crippen molar-refractivity contribution in [2.75, 3.05) is 38.7 Å². The van der Waals surface area contributed by atoms with Crippen LogP contribution in [0.2, 0.25) is 5.15 Å². The minimum atomic E-state index is -0.261. The summed E-state index contributed by atoms with van der Waals surface area (Å²) in [6.07, 6.45) is 3.68. The van der Waals surface area contributed by atoms with E-state index in [1.165, 1.54) is 7.11 Å². The molecule has 0 atom stereocenters. The van der Waals surface area contributed by atoms with E-state index < -0.39 is 0 Å². The third-order valence-electron chi connectivity index (χ3n) is 4.48. The third-order valence-corrected chi connectivity index (χ3v) is 4.68. The Morgan fingerprint density at radius 2 is 2.17 bits per heavy atom. The molecule has 0 unspecified atom stereocenters. The maximum Gasteiger partial charge on any atom is 0.325 e. The van der Waals surface area contributed by atoms with E-state index in [-0.39, 0.29) is 18.6 Å². The van der Waals surface area contributed by atoms with Gasteiger partial charge in [0.2, 0.25) is 0 Å². The van der Waals surface area contributed by atoms with E-state index >= 15 is 0 Å². The highest BCUT2D eigenvalue weighted by atomic mass is 35.5. The molecule has 3 heterocycles. The lowest BCUT2D eigenvalue weighted by molar-refractivity contribution is -0.139. The van der Waals surface area contributed by atoms with Gasteiger partial charge in [0, 0.05) is 23.7 Å². The number of likely N-dealkylation sites (tertiary alicyclic amines) is 1. The number of anilines is 1. The second-order valence-corrected chi connectivity index (χ2v) is 6.49. The molecule has 2 aromatic heterocycles. The first-order valence-corrected chi connectivity index (χ1v) is 8.39. The summed E-state index contributed by atoms with van der Waals surface area (Å²) in [4.78, 5) is 25.0. The molecule has 128 valence electrons. The van der Waals surface area contributed by atoms with Crippen LogP contribution in [0.3, 0.4) is 0 Å². The first kappa shape index (κ1) is 16.9. The maximum atomic E-state index is 11.9. The topological polar surface area (TPSA) is 58.6 Å². The van der Waals surface area contributed by atoms with Crippen LogP contribution in [0.15, 0.2) is 24.4 Å². The van der Waals surface area contributed by atoms with Crippen molar-refractivity contribution in [1.29, 1.82) is 0 Å². The number of carbonyl (C=O) groups is 1. The molecular formula is C17H21ClN4O2. The van der Waals surface area contributed by atoms with E-state index in [1.54, 1.807) is 12.3 Å². The number of nitrogens with zero attached hydrogens (tertiary/aromatic N) is 4. The number of halogens is 1. The van der Waals surface area contributed by atoms with Crippen molar-refractivity contribution in [2.24, 2.45) is 0 Å². The van der Waals surface area contributed by atoms with Crippen molar-refractivity contribution in [3.8, 4) is 0 Å². The highest BCUT2D eigenvalue weighted by molar-refractivity contribution is 6.30. The van der Waals surface area contributed by atoms with E-state index in [1.807, 2.05) is 17.0 Å². The van der Waals surface area contributed by atoms with Crippen molar-refractivity contribution in [3.05, 3.63) is 29.5 Å². The summed E-state index contributed by atoms with van der Waals surface area (Å²) in [6.45, 7) is 2.21. The van der Waals surface area contributed by atoms with Crippen LogP contribution in [0.1, 0.15) is 12.8 Å². The fourth-order valence-corrected chi connectivity index (χ4v) is 3.20. The number of ether oxygens (including phenoxy) is 1. The zero-order chi connectivity index (χ0) is 17.1. The molecular weight excluding hydrogens is 328 g/mol. The van der Waals surface area contributed by atoms with Gasteiger partial charge in [-0.25, -0.2) is 9.97 Å². The van der Waals surface area contributed by atoms with Gasteiger partial charge in [-0.2, -0.15) is 0 Å². The van der Waals surface area contributed by atoms with Crippen molar-refractivity contribution >= 4 is 34.3 Å². The van der Waals surface area contributed by atoms with Gasteiger partial charge in [-0.1, -0.05) is 11.6 Å². The molecule has 0 spiro atoms. The molecule has 1 aliphatic rings. The average Bonchev–Trinajstić information content (AvgIpc) is 2.59. The second-order valence-electron chi connectivity index (χ2n) is 6.11. The first-order chi connectivity index (χ1) is 11.6. The molecule has 0 bridgehead atoms. The van der Waals surface area contributed by atoms with Crippen LogP contribution >= 0.6 is 11.6 Å². The minimum absolute atomic E-state index is 0.197. The Bertz CT molecular complexity index is 732. The number of aromatic nitrogens is 2. The van der Waals surface area contributed by atoms with Gasteiger partial charge in [-0.15, -0.1) is 0 Å². The van der Waals surface area contributed by atoms with Crippen LogP contribution in [0.25, 0.3) is 10.9 Å². The number of rotatable bonds is 4. The van der Waals surface area contributed by atoms with Crippen LogP contribution in [-0.2, 0) is 9.53 Å². The van der Waals surface area contributed by atoms with Crippen molar-refractivity contribution in [3.63, 3.8) is 0 Å². The Kier molecular flexibility index (Phi) is 5.16. The fraction of sp³-hybridized carbons (Fsp3) is 0.471. The first-order valence-electron chi connectivity index (χ1n) is 8.01. The summed E-state index contributed by atoms with van der Waals surface area (Å²) in [7, 11) is 3.53. The molecule has 3 rings (SSSR count). The maximum absolute atomic E-state index is 11.9. The average molecular weight is 349 g/mol. The smallest absolute Gasteiger partial charge is 0.325 e. The zero-order valence-corrected chi connectivity index (χ0v) is 14.7. The largest absolute Gasteiger partial charge is 0.468 e. The molecule has 2 aromatic rings. The quantitative estimate of drug-likeness (QED) is 0.624. The van der Waals surface area contributed by atoms with Crippen molar-refractivity contribution in [1.82, 2.24) is 14.9 Å². The Hall–Kier alpha value is -1.92. The molecule has 24 heavy (non-hydrogen) atoms. The Labute approximate surface area is 146 Å². The number of pyridine rings is 2. The Morgan fingerprint density at radius 3 is 2.88 bits per heavy atom. The summed E-state index contributed by atoms with van der Waals surface area (Å²) >= 11 is 5.98. The number of fused-ring (bicyclic) bond motifs is 1. The van der Waals surface area contributed by atoms with Gasteiger partial charge >= 0.3 is 5.97 Å². The number of methoxy groups -OCH3 is 1. The molecule has 0 aromatic carbocycles. The second kappa shape index (κ2) is 7.32. The van der Waals surface area contributed by atoms with Crippen LogP contribution in [-0.4, -0.2) is 60.7 Å². The lowest BCUT2D eigenvalue weighted by Gasteiger charge is -2.37. The van der Waals surface area contributed by atoms with E-state index in [0.717, 1.165) is 42.7 Å². The van der Waals surface area contributed by atoms with Crippen LogP contribution in [0.4, 0.5) is 5.82 Å². The van der Waals surface area contributed by atoms with Gasteiger partial charge in [0.1, 0.15) is 17.5 Å². The summed E-state index contributed by atoms with van der Waals surface area (Å²) in [6, 6.07) is 5.90. The number of carbonyl (C=O) groups excluding carboxylic acids is 1. The number of piperidine rings is 1. The Balaban J connectivity index is 1.93. The lowest BCUT2D eigenvalue weighted by atomic mass is 10.0. The van der Waals surface area contributed by atoms with Crippen LogP contribution < -0.4 is 4.90 Å². The fourth-order valence-electron chi connectivity index (χ4n) is 3.05. The summed E-state index contributed by atoms with van der Waals surface area (Å²) in [5.41, 5.74) is 0.773. The van der Waals surface area contributed by atoms with Crippen molar-refractivity contribution in [2.45, 2.75) is 18.9 Å². The van der Waals surface area contributed by atoms with E-state index in [0.29, 0.717) is 5.15 Å². The standard InChI is InChI=1S/C17H21ClN4O2/c1-21-7-5-13(6-8-21)22(11-17(23)24-2)16-4-3-12-10-19-15(18)9-14(12)20-16/h3-4,9-10,13H,5-8,11H2,1-2H3. The molecule has 0 amide bonds. The monoisotopic (exact) mass is 348 g/mol. The SMILES string of the molecule is COC(=O)CN(c1ccc2cnc(Cl)cc2n1)C1CCN(C)CC1. The van der Waals surface area contributed by atoms with Gasteiger partial charge in [0.25, 0.3) is 0 Å². The third kappa shape index (κ3) is 3.76. The molecule has 0 saturated carbocycles.